The fourth-order valence-electron chi connectivity index (χ4n) is 4.67. The summed E-state index contributed by atoms with van der Waals surface area (Å²) in [5.74, 6) is -5.47. The second-order valence-electron chi connectivity index (χ2n) is 11.2. The molecule has 0 saturated heterocycles. The Morgan fingerprint density at radius 3 is 1.95 bits per heavy atom. The van der Waals surface area contributed by atoms with Gasteiger partial charge in [0.15, 0.2) is 11.6 Å². The highest BCUT2D eigenvalue weighted by Crippen LogP contribution is 2.32. The first-order chi connectivity index (χ1) is 17.8. The fourth-order valence-corrected chi connectivity index (χ4v) is 4.67. The lowest BCUT2D eigenvalue weighted by Gasteiger charge is -2.31. The molecule has 0 amide bonds. The van der Waals surface area contributed by atoms with Crippen molar-refractivity contribution in [3.8, 4) is 0 Å². The molecule has 0 heterocycles. The van der Waals surface area contributed by atoms with Gasteiger partial charge in [0.25, 0.3) is 0 Å². The van der Waals surface area contributed by atoms with E-state index in [0.717, 1.165) is 25.3 Å². The molecule has 2 aromatic carbocycles. The smallest absolute Gasteiger partial charge is 0.481 e. The first kappa shape index (κ1) is 32.2. The van der Waals surface area contributed by atoms with Crippen LogP contribution in [0.15, 0.2) is 36.4 Å². The van der Waals surface area contributed by atoms with Crippen LogP contribution in [0.5, 0.6) is 0 Å². The number of rotatable bonds is 9. The number of benzene rings is 2. The predicted octanol–water partition coefficient (Wildman–Crippen LogP) is 5.46. The van der Waals surface area contributed by atoms with Crippen LogP contribution in [0.1, 0.15) is 62.5 Å². The van der Waals surface area contributed by atoms with Gasteiger partial charge in [0.1, 0.15) is 0 Å². The van der Waals surface area contributed by atoms with Crippen molar-refractivity contribution in [2.24, 2.45) is 11.3 Å². The summed E-state index contributed by atoms with van der Waals surface area (Å²) in [6.07, 6.45) is -3.38. The minimum absolute atomic E-state index is 0.0282. The van der Waals surface area contributed by atoms with Crippen molar-refractivity contribution in [3.63, 3.8) is 0 Å². The SMILES string of the molecule is CC(C)(CC1Cc2ccccc2C1)NC[C@@H](O)c1cc(CC(C)(C)C(=O)O)cc(F)c1F.O=C(O)C(F)(F)F. The molecule has 11 heteroatoms. The number of carboxylic acids is 2. The first-order valence-electron chi connectivity index (χ1n) is 12.3. The van der Waals surface area contributed by atoms with E-state index in [1.54, 1.807) is 0 Å². The number of hydrogen-bond acceptors (Lipinski definition) is 4. The Balaban J connectivity index is 0.000000673. The van der Waals surface area contributed by atoms with Gasteiger partial charge in [-0.25, -0.2) is 13.6 Å². The maximum Gasteiger partial charge on any atom is 0.490 e. The van der Waals surface area contributed by atoms with Crippen molar-refractivity contribution in [2.75, 3.05) is 6.54 Å². The van der Waals surface area contributed by atoms with E-state index in [-0.39, 0.29) is 24.1 Å². The number of carboxylic acid groups (broad SMARTS) is 2. The minimum atomic E-state index is -5.08. The van der Waals surface area contributed by atoms with Gasteiger partial charge in [0.2, 0.25) is 0 Å². The van der Waals surface area contributed by atoms with Gasteiger partial charge in [-0.05, 0) is 88.1 Å². The third-order valence-corrected chi connectivity index (χ3v) is 6.65. The normalized spacial score (nSPS) is 14.8. The van der Waals surface area contributed by atoms with Gasteiger partial charge in [-0.2, -0.15) is 13.2 Å². The second kappa shape index (κ2) is 12.4. The number of aliphatic carboxylic acids is 2. The molecule has 0 aromatic heterocycles. The summed E-state index contributed by atoms with van der Waals surface area (Å²) in [6.45, 7) is 7.21. The van der Waals surface area contributed by atoms with Crippen LogP contribution in [0, 0.1) is 23.0 Å². The molecule has 0 saturated carbocycles. The molecule has 3 rings (SSSR count). The van der Waals surface area contributed by atoms with Crippen LogP contribution in [0.25, 0.3) is 0 Å². The van der Waals surface area contributed by atoms with Crippen molar-refractivity contribution >= 4 is 11.9 Å². The van der Waals surface area contributed by atoms with Gasteiger partial charge >= 0.3 is 18.1 Å². The van der Waals surface area contributed by atoms with Crippen LogP contribution in [-0.4, -0.2) is 45.5 Å². The fraction of sp³-hybridized carbons (Fsp3) is 0.500. The van der Waals surface area contributed by atoms with Gasteiger partial charge < -0.3 is 20.6 Å². The number of aliphatic hydroxyl groups is 1. The predicted molar refractivity (Wildman–Crippen MR) is 134 cm³/mol. The third-order valence-electron chi connectivity index (χ3n) is 6.65. The van der Waals surface area contributed by atoms with Crippen LogP contribution in [-0.2, 0) is 28.9 Å². The number of carbonyl (C=O) groups is 2. The van der Waals surface area contributed by atoms with E-state index < -0.39 is 41.3 Å². The Kier molecular flexibility index (Phi) is 10.2. The summed E-state index contributed by atoms with van der Waals surface area (Å²) >= 11 is 0. The number of nitrogens with one attached hydrogen (secondary N) is 1. The Labute approximate surface area is 223 Å². The zero-order valence-corrected chi connectivity index (χ0v) is 22.2. The highest BCUT2D eigenvalue weighted by molar-refractivity contribution is 5.74. The molecule has 0 bridgehead atoms. The summed E-state index contributed by atoms with van der Waals surface area (Å²) in [4.78, 5) is 20.3. The molecule has 0 spiro atoms. The van der Waals surface area contributed by atoms with Crippen LogP contribution in [0.3, 0.4) is 0 Å². The largest absolute Gasteiger partial charge is 0.490 e. The molecule has 0 aliphatic heterocycles. The maximum atomic E-state index is 14.4. The Bertz CT molecular complexity index is 1150. The van der Waals surface area contributed by atoms with Crippen molar-refractivity contribution in [2.45, 2.75) is 71.2 Å². The lowest BCUT2D eigenvalue weighted by Crippen LogP contribution is -2.43. The number of β-amino-alcohol motifs (C(OH)–C–C–N with tert-alkyl or cyclic N) is 1. The van der Waals surface area contributed by atoms with Crippen LogP contribution in [0.2, 0.25) is 0 Å². The Morgan fingerprint density at radius 1 is 0.974 bits per heavy atom. The van der Waals surface area contributed by atoms with E-state index in [1.807, 2.05) is 13.8 Å². The zero-order valence-electron chi connectivity index (χ0n) is 22.2. The third kappa shape index (κ3) is 9.28. The average Bonchev–Trinajstić information content (AvgIpc) is 3.20. The topological polar surface area (TPSA) is 107 Å². The number of halogens is 5. The van der Waals surface area contributed by atoms with E-state index in [1.165, 1.54) is 31.0 Å². The molecule has 1 atom stereocenters. The Morgan fingerprint density at radius 2 is 1.49 bits per heavy atom. The molecule has 6 nitrogen and oxygen atoms in total. The van der Waals surface area contributed by atoms with Gasteiger partial charge in [0.05, 0.1) is 11.5 Å². The molecule has 0 unspecified atom stereocenters. The summed E-state index contributed by atoms with van der Waals surface area (Å²) in [6, 6.07) is 10.8. The number of fused-ring (bicyclic) bond motifs is 1. The lowest BCUT2D eigenvalue weighted by molar-refractivity contribution is -0.192. The summed E-state index contributed by atoms with van der Waals surface area (Å²) in [5.41, 5.74) is 1.52. The molecule has 0 radical (unpaired) electrons. The van der Waals surface area contributed by atoms with E-state index >= 15 is 0 Å². The molecule has 1 aliphatic carbocycles. The minimum Gasteiger partial charge on any atom is -0.481 e. The van der Waals surface area contributed by atoms with Crippen molar-refractivity contribution in [1.82, 2.24) is 5.32 Å². The highest BCUT2D eigenvalue weighted by Gasteiger charge is 2.38. The first-order valence-corrected chi connectivity index (χ1v) is 12.3. The molecular formula is C28H34F5NO5. The maximum absolute atomic E-state index is 14.4. The van der Waals surface area contributed by atoms with Gasteiger partial charge in [0, 0.05) is 17.6 Å². The number of hydrogen-bond donors (Lipinski definition) is 4. The Hall–Kier alpha value is -3.05. The van der Waals surface area contributed by atoms with Crippen LogP contribution >= 0.6 is 0 Å². The molecule has 4 N–H and O–H groups in total. The molecule has 2 aromatic rings. The summed E-state index contributed by atoms with van der Waals surface area (Å²) in [5, 5.41) is 30.4. The molecule has 1 aliphatic rings. The molecule has 39 heavy (non-hydrogen) atoms. The van der Waals surface area contributed by atoms with E-state index in [4.69, 9.17) is 9.90 Å². The summed E-state index contributed by atoms with van der Waals surface area (Å²) < 4.78 is 60.4. The molecular weight excluding hydrogens is 525 g/mol. The number of alkyl halides is 3. The van der Waals surface area contributed by atoms with Crippen molar-refractivity contribution in [3.05, 3.63) is 70.3 Å². The zero-order chi connectivity index (χ0) is 29.8. The molecule has 0 fully saturated rings. The van der Waals surface area contributed by atoms with E-state index in [9.17, 15) is 37.0 Å². The standard InChI is InChI=1S/C26H33F2NO3.C2HF3O2/c1-25(2,24(31)32)13-17-11-20(23(28)21(27)12-17)22(30)15-29-26(3,4)14-16-9-18-7-5-6-8-19(18)10-16;3-2(4,5)1(6)7/h5-8,11-12,16,22,29-30H,9-10,13-15H2,1-4H3,(H,31,32);(H,6,7)/t22-;/m1./s1. The summed E-state index contributed by atoms with van der Waals surface area (Å²) in [7, 11) is 0. The highest BCUT2D eigenvalue weighted by atomic mass is 19.4. The van der Waals surface area contributed by atoms with Crippen molar-refractivity contribution in [1.29, 1.82) is 0 Å². The molecule has 216 valence electrons. The monoisotopic (exact) mass is 559 g/mol. The lowest BCUT2D eigenvalue weighted by atomic mass is 9.85. The van der Waals surface area contributed by atoms with Gasteiger partial charge in [-0.1, -0.05) is 24.3 Å². The number of aliphatic hydroxyl groups excluding tert-OH is 1. The second-order valence-corrected chi connectivity index (χ2v) is 11.2. The quantitative estimate of drug-likeness (QED) is 0.304. The van der Waals surface area contributed by atoms with Crippen molar-refractivity contribution < 1.29 is 46.9 Å². The van der Waals surface area contributed by atoms with Crippen LogP contribution in [0.4, 0.5) is 22.0 Å². The van der Waals surface area contributed by atoms with E-state index in [2.05, 4.69) is 29.6 Å². The van der Waals surface area contributed by atoms with Gasteiger partial charge in [-0.3, -0.25) is 4.79 Å². The average molecular weight is 560 g/mol. The van der Waals surface area contributed by atoms with E-state index in [0.29, 0.717) is 11.5 Å². The van der Waals surface area contributed by atoms with Crippen LogP contribution < -0.4 is 5.32 Å². The van der Waals surface area contributed by atoms with Gasteiger partial charge in [-0.15, -0.1) is 0 Å².